The van der Waals surface area contributed by atoms with E-state index >= 15 is 0 Å². The highest BCUT2D eigenvalue weighted by Crippen LogP contribution is 2.19. The third-order valence-electron chi connectivity index (χ3n) is 2.30. The average molecular weight is 195 g/mol. The first-order valence-electron chi connectivity index (χ1n) is 4.95. The molecule has 0 amide bonds. The summed E-state index contributed by atoms with van der Waals surface area (Å²) >= 11 is 0. The second-order valence-electron chi connectivity index (χ2n) is 3.44. The lowest BCUT2D eigenvalue weighted by Gasteiger charge is -2.09. The van der Waals surface area contributed by atoms with Crippen molar-refractivity contribution in [2.45, 2.75) is 33.1 Å². The number of hydrogen-bond donors (Lipinski definition) is 0. The molecule has 3 nitrogen and oxygen atoms in total. The second-order valence-corrected chi connectivity index (χ2v) is 3.44. The fourth-order valence-electron chi connectivity index (χ4n) is 1.40. The van der Waals surface area contributed by atoms with Crippen molar-refractivity contribution in [2.24, 2.45) is 0 Å². The van der Waals surface area contributed by atoms with Crippen molar-refractivity contribution >= 4 is 0 Å². The molecule has 0 radical (unpaired) electrons. The smallest absolute Gasteiger partial charge is 0.193 e. The summed E-state index contributed by atoms with van der Waals surface area (Å²) in [5.41, 5.74) is 1.66. The zero-order valence-corrected chi connectivity index (χ0v) is 9.04. The quantitative estimate of drug-likeness (QED) is 0.544. The molecule has 14 heavy (non-hydrogen) atoms. The number of pyridine rings is 1. The lowest BCUT2D eigenvalue weighted by molar-refractivity contribution is -0.612. The monoisotopic (exact) mass is 195 g/mol. The van der Waals surface area contributed by atoms with Crippen molar-refractivity contribution in [3.05, 3.63) is 28.7 Å². The van der Waals surface area contributed by atoms with E-state index < -0.39 is 0 Å². The molecule has 1 aromatic rings. The Labute approximate surface area is 84.9 Å². The largest absolute Gasteiger partial charge is 0.618 e. The predicted molar refractivity (Wildman–Crippen MR) is 55.3 cm³/mol. The van der Waals surface area contributed by atoms with Crippen LogP contribution in [0.4, 0.5) is 0 Å². The van der Waals surface area contributed by atoms with Crippen LogP contribution in [0.1, 0.15) is 31.0 Å². The van der Waals surface area contributed by atoms with Crippen molar-refractivity contribution in [1.29, 1.82) is 0 Å². The van der Waals surface area contributed by atoms with Gasteiger partial charge < -0.3 is 9.94 Å². The molecule has 1 aromatic heterocycles. The van der Waals surface area contributed by atoms with E-state index in [1.807, 2.05) is 0 Å². The second kappa shape index (κ2) is 4.84. The molecule has 0 fully saturated rings. The molecule has 78 valence electrons. The molecule has 0 aliphatic carbocycles. The highest BCUT2D eigenvalue weighted by Gasteiger charge is 2.09. The van der Waals surface area contributed by atoms with Crippen molar-refractivity contribution in [2.75, 3.05) is 7.11 Å². The Balaban J connectivity index is 2.95. The van der Waals surface area contributed by atoms with Gasteiger partial charge in [-0.25, -0.2) is 0 Å². The highest BCUT2D eigenvalue weighted by atomic mass is 16.5. The Morgan fingerprint density at radius 1 is 1.50 bits per heavy atom. The first kappa shape index (κ1) is 10.8. The molecule has 0 N–H and O–H groups in total. The van der Waals surface area contributed by atoms with E-state index in [2.05, 4.69) is 6.92 Å². The maximum absolute atomic E-state index is 11.3. The van der Waals surface area contributed by atoms with Gasteiger partial charge in [-0.15, -0.1) is 0 Å². The fraction of sp³-hybridized carbons (Fsp3) is 0.545. The minimum atomic E-state index is 0.669. The van der Waals surface area contributed by atoms with Gasteiger partial charge >= 0.3 is 0 Å². The van der Waals surface area contributed by atoms with Crippen LogP contribution in [-0.4, -0.2) is 7.11 Å². The first-order valence-corrected chi connectivity index (χ1v) is 4.95. The van der Waals surface area contributed by atoms with Gasteiger partial charge in [-0.05, 0) is 12.8 Å². The molecule has 0 aliphatic rings. The lowest BCUT2D eigenvalue weighted by Crippen LogP contribution is -2.30. The molecule has 0 saturated heterocycles. The number of methoxy groups -OCH3 is 1. The van der Waals surface area contributed by atoms with Crippen LogP contribution in [0.2, 0.25) is 0 Å². The normalized spacial score (nSPS) is 10.2. The van der Waals surface area contributed by atoms with E-state index in [0.717, 1.165) is 35.3 Å². The Bertz CT molecular complexity index is 310. The summed E-state index contributed by atoms with van der Waals surface area (Å²) in [6.07, 6.45) is 4.72. The molecular weight excluding hydrogens is 178 g/mol. The van der Waals surface area contributed by atoms with Crippen molar-refractivity contribution < 1.29 is 9.47 Å². The van der Waals surface area contributed by atoms with Crippen LogP contribution < -0.4 is 9.47 Å². The number of unbranched alkanes of at least 4 members (excludes halogenated alkanes) is 1. The summed E-state index contributed by atoms with van der Waals surface area (Å²) in [5, 5.41) is 11.3. The van der Waals surface area contributed by atoms with Gasteiger partial charge in [-0.2, -0.15) is 4.73 Å². The maximum atomic E-state index is 11.3. The van der Waals surface area contributed by atoms with Crippen LogP contribution in [0, 0.1) is 12.1 Å². The standard InChI is InChI=1S/C11H17NO2/c1-4-5-6-10-8-12(13)9(2)7-11(10)14-3/h7-8H,4-6H2,1-3H3. The molecule has 1 heterocycles. The summed E-state index contributed by atoms with van der Waals surface area (Å²) in [4.78, 5) is 0. The van der Waals surface area contributed by atoms with Gasteiger partial charge in [0.2, 0.25) is 0 Å². The molecule has 0 bridgehead atoms. The molecule has 0 aromatic carbocycles. The van der Waals surface area contributed by atoms with Crippen LogP contribution >= 0.6 is 0 Å². The van der Waals surface area contributed by atoms with E-state index in [-0.39, 0.29) is 0 Å². The van der Waals surface area contributed by atoms with Crippen LogP contribution in [-0.2, 0) is 6.42 Å². The number of hydrogen-bond acceptors (Lipinski definition) is 2. The van der Waals surface area contributed by atoms with E-state index in [4.69, 9.17) is 4.74 Å². The minimum Gasteiger partial charge on any atom is -0.618 e. The summed E-state index contributed by atoms with van der Waals surface area (Å²) in [6.45, 7) is 3.91. The van der Waals surface area contributed by atoms with Gasteiger partial charge in [0.05, 0.1) is 12.7 Å². The zero-order chi connectivity index (χ0) is 10.6. The fourth-order valence-corrected chi connectivity index (χ4v) is 1.40. The van der Waals surface area contributed by atoms with Gasteiger partial charge in [0.15, 0.2) is 11.9 Å². The Hall–Kier alpha value is -1.25. The van der Waals surface area contributed by atoms with E-state index in [1.165, 1.54) is 0 Å². The molecule has 0 aliphatic heterocycles. The maximum Gasteiger partial charge on any atom is 0.193 e. The number of rotatable bonds is 4. The van der Waals surface area contributed by atoms with Crippen molar-refractivity contribution in [3.63, 3.8) is 0 Å². The van der Waals surface area contributed by atoms with Crippen molar-refractivity contribution in [3.8, 4) is 5.75 Å². The summed E-state index contributed by atoms with van der Waals surface area (Å²) < 4.78 is 6.12. The van der Waals surface area contributed by atoms with E-state index in [0.29, 0.717) is 5.69 Å². The molecule has 3 heteroatoms. The van der Waals surface area contributed by atoms with Crippen LogP contribution in [0.15, 0.2) is 12.3 Å². The Kier molecular flexibility index (Phi) is 3.74. The zero-order valence-electron chi connectivity index (χ0n) is 9.04. The number of nitrogens with zero attached hydrogens (tertiary/aromatic N) is 1. The molecule has 0 saturated carbocycles. The van der Waals surface area contributed by atoms with Gasteiger partial charge in [0.25, 0.3) is 0 Å². The van der Waals surface area contributed by atoms with Gasteiger partial charge in [0.1, 0.15) is 5.75 Å². The Morgan fingerprint density at radius 2 is 2.21 bits per heavy atom. The molecule has 0 spiro atoms. The summed E-state index contributed by atoms with van der Waals surface area (Å²) in [5.74, 6) is 0.822. The molecule has 0 atom stereocenters. The number of aromatic nitrogens is 1. The van der Waals surface area contributed by atoms with Crippen LogP contribution in [0.25, 0.3) is 0 Å². The van der Waals surface area contributed by atoms with E-state index in [1.54, 1.807) is 26.3 Å². The molecular formula is C11H17NO2. The minimum absolute atomic E-state index is 0.669. The molecule has 0 unspecified atom stereocenters. The van der Waals surface area contributed by atoms with Crippen molar-refractivity contribution in [1.82, 2.24) is 0 Å². The van der Waals surface area contributed by atoms with Gasteiger partial charge in [-0.1, -0.05) is 13.3 Å². The Morgan fingerprint density at radius 3 is 2.79 bits per heavy atom. The third kappa shape index (κ3) is 2.37. The topological polar surface area (TPSA) is 36.2 Å². The van der Waals surface area contributed by atoms with Crippen LogP contribution in [0.5, 0.6) is 5.75 Å². The van der Waals surface area contributed by atoms with Crippen LogP contribution in [0.3, 0.4) is 0 Å². The van der Waals surface area contributed by atoms with Gasteiger partial charge in [0, 0.05) is 13.0 Å². The summed E-state index contributed by atoms with van der Waals surface area (Å²) in [7, 11) is 1.64. The molecule has 1 rings (SSSR count). The predicted octanol–water partition coefficient (Wildman–Crippen LogP) is 1.98. The van der Waals surface area contributed by atoms with E-state index in [9.17, 15) is 5.21 Å². The first-order chi connectivity index (χ1) is 6.69. The highest BCUT2D eigenvalue weighted by molar-refractivity contribution is 5.30. The number of ether oxygens (including phenoxy) is 1. The number of aryl methyl sites for hydroxylation is 2. The average Bonchev–Trinajstić information content (AvgIpc) is 2.19. The SMILES string of the molecule is CCCCc1c[n+]([O-])c(C)cc1OC. The van der Waals surface area contributed by atoms with Gasteiger partial charge in [-0.3, -0.25) is 0 Å². The summed E-state index contributed by atoms with van der Waals surface area (Å²) in [6, 6.07) is 1.79. The lowest BCUT2D eigenvalue weighted by atomic mass is 10.1. The third-order valence-corrected chi connectivity index (χ3v) is 2.30.